The highest BCUT2D eigenvalue weighted by Crippen LogP contribution is 2.30. The maximum Gasteiger partial charge on any atom is 0.224 e. The van der Waals surface area contributed by atoms with Crippen molar-refractivity contribution in [1.29, 1.82) is 0 Å². The fourth-order valence-electron chi connectivity index (χ4n) is 6.75. The number of ketones is 3. The molecule has 284 valence electrons. The number of Topliss-reactive ketones (excluding diaryl/α,β-unsaturated/α-hetero) is 3. The monoisotopic (exact) mass is 715 g/mol. The lowest BCUT2D eigenvalue weighted by Gasteiger charge is -2.27. The average Bonchev–Trinajstić information content (AvgIpc) is 4.06. The number of ether oxygens (including phenoxy) is 1. The number of aryl methyl sites for hydroxylation is 1. The molecule has 2 aromatic carbocycles. The van der Waals surface area contributed by atoms with Gasteiger partial charge < -0.3 is 20.7 Å². The maximum absolute atomic E-state index is 14.2. The van der Waals surface area contributed by atoms with E-state index in [1.807, 2.05) is 88.4 Å². The molecule has 52 heavy (non-hydrogen) atoms. The molecule has 3 N–H and O–H groups in total. The van der Waals surface area contributed by atoms with Crippen LogP contribution in [0.2, 0.25) is 0 Å². The van der Waals surface area contributed by atoms with Gasteiger partial charge in [-0.2, -0.15) is 0 Å². The molecular formula is C43H61N3O6. The quantitative estimate of drug-likeness (QED) is 0.0853. The molecule has 9 heteroatoms. The lowest BCUT2D eigenvalue weighted by atomic mass is 9.87. The molecule has 0 aromatic heterocycles. The topological polar surface area (TPSA) is 134 Å². The summed E-state index contributed by atoms with van der Waals surface area (Å²) in [6.07, 6.45) is 5.84. The molecule has 2 amide bonds. The first-order chi connectivity index (χ1) is 24.8. The number of rotatable bonds is 25. The van der Waals surface area contributed by atoms with Gasteiger partial charge in [-0.1, -0.05) is 88.4 Å². The van der Waals surface area contributed by atoms with E-state index in [-0.39, 0.29) is 53.8 Å². The summed E-state index contributed by atoms with van der Waals surface area (Å²) >= 11 is 0. The van der Waals surface area contributed by atoms with Crippen LogP contribution in [0.1, 0.15) is 104 Å². The molecule has 1 saturated heterocycles. The van der Waals surface area contributed by atoms with Crippen LogP contribution in [0.4, 0.5) is 0 Å². The van der Waals surface area contributed by atoms with Crippen molar-refractivity contribution in [2.45, 2.75) is 129 Å². The lowest BCUT2D eigenvalue weighted by Crippen LogP contribution is -2.50. The number of benzene rings is 2. The van der Waals surface area contributed by atoms with Gasteiger partial charge in [-0.3, -0.25) is 24.0 Å². The second-order valence-electron chi connectivity index (χ2n) is 16.1. The Balaban J connectivity index is 1.48. The van der Waals surface area contributed by atoms with Crippen molar-refractivity contribution in [1.82, 2.24) is 16.0 Å². The van der Waals surface area contributed by atoms with Crippen LogP contribution in [-0.2, 0) is 41.6 Å². The van der Waals surface area contributed by atoms with Crippen molar-refractivity contribution in [2.75, 3.05) is 13.2 Å². The van der Waals surface area contributed by atoms with Crippen molar-refractivity contribution in [3.05, 3.63) is 71.8 Å². The van der Waals surface area contributed by atoms with Crippen LogP contribution >= 0.6 is 0 Å². The molecule has 0 bridgehead atoms. The van der Waals surface area contributed by atoms with Gasteiger partial charge in [-0.05, 0) is 87.8 Å². The van der Waals surface area contributed by atoms with Gasteiger partial charge >= 0.3 is 0 Å². The predicted octanol–water partition coefficient (Wildman–Crippen LogP) is 5.96. The summed E-state index contributed by atoms with van der Waals surface area (Å²) in [7, 11) is 0. The Kier molecular flexibility index (Phi) is 15.8. The van der Waals surface area contributed by atoms with Gasteiger partial charge in [0.1, 0.15) is 11.4 Å². The molecule has 1 unspecified atom stereocenters. The zero-order valence-electron chi connectivity index (χ0n) is 32.0. The number of hydrogen-bond acceptors (Lipinski definition) is 7. The Morgan fingerprint density at radius 3 is 1.90 bits per heavy atom. The van der Waals surface area contributed by atoms with Crippen LogP contribution in [0.3, 0.4) is 0 Å². The normalized spacial score (nSPS) is 19.1. The largest absolute Gasteiger partial charge is 0.361 e. The number of carbonyl (C=O) groups excluding carboxylic acids is 5. The molecular weight excluding hydrogens is 654 g/mol. The SMILES string of the molecule is CC(C)C[C@H](NC(=O)C(CCc1ccccc1)CC(=O)CCCNC1CC1)C(=O)C[C@@H](Cc1ccccc1)C(=O)N[C@@H](CC(C)C)C(=O)[C@@]1(C)CO1. The number of nitrogens with one attached hydrogen (secondary N) is 3. The van der Waals surface area contributed by atoms with E-state index in [4.69, 9.17) is 4.74 Å². The highest BCUT2D eigenvalue weighted by molar-refractivity contribution is 5.98. The van der Waals surface area contributed by atoms with Gasteiger partial charge in [-0.25, -0.2) is 0 Å². The number of amides is 2. The average molecular weight is 716 g/mol. The predicted molar refractivity (Wildman–Crippen MR) is 204 cm³/mol. The fraction of sp³-hybridized carbons (Fsp3) is 0.605. The summed E-state index contributed by atoms with van der Waals surface area (Å²) < 4.78 is 5.43. The molecule has 1 saturated carbocycles. The summed E-state index contributed by atoms with van der Waals surface area (Å²) in [5.41, 5.74) is 1.09. The molecule has 2 aromatic rings. The van der Waals surface area contributed by atoms with Crippen LogP contribution in [0, 0.1) is 23.7 Å². The van der Waals surface area contributed by atoms with Crippen LogP contribution < -0.4 is 16.0 Å². The minimum Gasteiger partial charge on any atom is -0.361 e. The van der Waals surface area contributed by atoms with Gasteiger partial charge in [0.15, 0.2) is 11.6 Å². The molecule has 1 aliphatic carbocycles. The van der Waals surface area contributed by atoms with E-state index in [1.54, 1.807) is 6.92 Å². The molecule has 1 aliphatic heterocycles. The Hall–Kier alpha value is -3.69. The zero-order valence-corrected chi connectivity index (χ0v) is 32.0. The summed E-state index contributed by atoms with van der Waals surface area (Å²) in [6.45, 7) is 10.9. The van der Waals surface area contributed by atoms with Crippen molar-refractivity contribution in [3.63, 3.8) is 0 Å². The van der Waals surface area contributed by atoms with Crippen molar-refractivity contribution in [3.8, 4) is 0 Å². The van der Waals surface area contributed by atoms with E-state index in [0.29, 0.717) is 51.2 Å². The van der Waals surface area contributed by atoms with E-state index < -0.39 is 29.5 Å². The van der Waals surface area contributed by atoms with Crippen LogP contribution in [0.15, 0.2) is 60.7 Å². The molecule has 2 aliphatic rings. The molecule has 4 rings (SSSR count). The van der Waals surface area contributed by atoms with Crippen LogP contribution in [0.25, 0.3) is 0 Å². The zero-order chi connectivity index (χ0) is 37.7. The lowest BCUT2D eigenvalue weighted by molar-refractivity contribution is -0.135. The third-order valence-corrected chi connectivity index (χ3v) is 10.1. The third kappa shape index (κ3) is 14.0. The highest BCUT2D eigenvalue weighted by Gasteiger charge is 2.50. The molecule has 0 radical (unpaired) electrons. The molecule has 1 heterocycles. The van der Waals surface area contributed by atoms with E-state index in [2.05, 4.69) is 16.0 Å². The number of carbonyl (C=O) groups is 5. The number of epoxide rings is 1. The molecule has 0 spiro atoms. The van der Waals surface area contributed by atoms with Gasteiger partial charge in [0.05, 0.1) is 18.7 Å². The first-order valence-corrected chi connectivity index (χ1v) is 19.5. The van der Waals surface area contributed by atoms with Crippen LogP contribution in [0.5, 0.6) is 0 Å². The Labute approximate surface area is 310 Å². The van der Waals surface area contributed by atoms with Crippen molar-refractivity contribution >= 4 is 29.2 Å². The molecule has 5 atom stereocenters. The minimum absolute atomic E-state index is 0.0492. The highest BCUT2D eigenvalue weighted by atomic mass is 16.6. The summed E-state index contributed by atoms with van der Waals surface area (Å²) in [5, 5.41) is 9.48. The Bertz CT molecular complexity index is 1470. The van der Waals surface area contributed by atoms with Gasteiger partial charge in [-0.15, -0.1) is 0 Å². The molecule has 2 fully saturated rings. The third-order valence-electron chi connectivity index (χ3n) is 10.1. The first-order valence-electron chi connectivity index (χ1n) is 19.5. The second-order valence-corrected chi connectivity index (χ2v) is 16.1. The fourth-order valence-corrected chi connectivity index (χ4v) is 6.75. The van der Waals surface area contributed by atoms with E-state index >= 15 is 0 Å². The van der Waals surface area contributed by atoms with E-state index in [9.17, 15) is 24.0 Å². The maximum atomic E-state index is 14.2. The minimum atomic E-state index is -0.893. The van der Waals surface area contributed by atoms with E-state index in [1.165, 1.54) is 12.8 Å². The summed E-state index contributed by atoms with van der Waals surface area (Å²) in [6, 6.07) is 18.5. The summed E-state index contributed by atoms with van der Waals surface area (Å²) in [5.74, 6) is -2.10. The summed E-state index contributed by atoms with van der Waals surface area (Å²) in [4.78, 5) is 68.7. The smallest absolute Gasteiger partial charge is 0.224 e. The second kappa shape index (κ2) is 20.0. The molecule has 9 nitrogen and oxygen atoms in total. The van der Waals surface area contributed by atoms with Crippen molar-refractivity contribution in [2.24, 2.45) is 23.7 Å². The van der Waals surface area contributed by atoms with Gasteiger partial charge in [0.2, 0.25) is 11.8 Å². The van der Waals surface area contributed by atoms with E-state index in [0.717, 1.165) is 24.1 Å². The number of hydrogen-bond donors (Lipinski definition) is 3. The first kappa shape index (κ1) is 41.1. The standard InChI is InChI=1S/C43H61N3O6/c1-29(2)23-37(45-41(50)33(19-18-31-13-8-6-9-14-31)26-36(47)17-12-22-44-35-20-21-35)39(48)27-34(25-32-15-10-7-11-16-32)42(51)46-38(24-30(3)4)40(49)43(5)28-52-43/h6-11,13-16,29-30,33-35,37-38,44H,12,17-28H2,1-5H3,(H,45,50)(H,46,51)/t33?,34-,37+,38+,43-/m1/s1. The Morgan fingerprint density at radius 2 is 1.33 bits per heavy atom. The Morgan fingerprint density at radius 1 is 0.769 bits per heavy atom. The van der Waals surface area contributed by atoms with Crippen molar-refractivity contribution < 1.29 is 28.7 Å². The van der Waals surface area contributed by atoms with Gasteiger partial charge in [0, 0.05) is 37.1 Å². The van der Waals surface area contributed by atoms with Crippen LogP contribution in [-0.4, -0.2) is 66.0 Å². The van der Waals surface area contributed by atoms with Gasteiger partial charge in [0.25, 0.3) is 0 Å².